The average Bonchev–Trinajstić information content (AvgIpc) is 2.62. The number of hydrogen-bond acceptors (Lipinski definition) is 3. The molecule has 0 saturated carbocycles. The molecule has 2 aromatic carbocycles. The van der Waals surface area contributed by atoms with Gasteiger partial charge in [-0.25, -0.2) is 13.8 Å². The summed E-state index contributed by atoms with van der Waals surface area (Å²) < 4.78 is 27.5. The van der Waals surface area contributed by atoms with E-state index in [9.17, 15) is 13.6 Å². The minimum absolute atomic E-state index is 0.170. The van der Waals surface area contributed by atoms with Crippen LogP contribution in [0.15, 0.2) is 54.7 Å². The third-order valence-electron chi connectivity index (χ3n) is 3.96. The number of nitrogens with one attached hydrogen (secondary N) is 2. The maximum atomic E-state index is 13.8. The molecule has 1 aromatic heterocycles. The molecule has 4 nitrogen and oxygen atoms in total. The van der Waals surface area contributed by atoms with Crippen molar-refractivity contribution in [3.63, 3.8) is 0 Å². The lowest BCUT2D eigenvalue weighted by atomic mass is 10.1. The number of aromatic nitrogens is 1. The summed E-state index contributed by atoms with van der Waals surface area (Å²) in [5.41, 5.74) is 2.64. The number of anilines is 3. The molecule has 26 heavy (non-hydrogen) atoms. The van der Waals surface area contributed by atoms with E-state index in [0.717, 1.165) is 28.9 Å². The van der Waals surface area contributed by atoms with Crippen molar-refractivity contribution in [2.24, 2.45) is 0 Å². The lowest BCUT2D eigenvalue weighted by Gasteiger charge is -2.12. The van der Waals surface area contributed by atoms with E-state index in [1.807, 2.05) is 32.0 Å². The summed E-state index contributed by atoms with van der Waals surface area (Å²) in [5.74, 6) is -1.64. The van der Waals surface area contributed by atoms with Crippen LogP contribution in [0.2, 0.25) is 0 Å². The minimum Gasteiger partial charge on any atom is -0.335 e. The summed E-state index contributed by atoms with van der Waals surface area (Å²) >= 11 is 0. The topological polar surface area (TPSA) is 54.0 Å². The molecule has 2 N–H and O–H groups in total. The van der Waals surface area contributed by atoms with Crippen LogP contribution in [-0.2, 0) is 0 Å². The van der Waals surface area contributed by atoms with Crippen molar-refractivity contribution in [3.8, 4) is 0 Å². The molecule has 0 atom stereocenters. The highest BCUT2D eigenvalue weighted by Crippen LogP contribution is 2.23. The lowest BCUT2D eigenvalue weighted by molar-refractivity contribution is 0.102. The molecule has 3 aromatic rings. The fourth-order valence-corrected chi connectivity index (χ4v) is 2.58. The van der Waals surface area contributed by atoms with Crippen LogP contribution in [0.1, 0.15) is 21.5 Å². The summed E-state index contributed by atoms with van der Waals surface area (Å²) in [6.45, 7) is 3.81. The normalized spacial score (nSPS) is 10.5. The summed E-state index contributed by atoms with van der Waals surface area (Å²) in [6.07, 6.45) is 1.40. The molecule has 0 aliphatic carbocycles. The van der Waals surface area contributed by atoms with Crippen molar-refractivity contribution < 1.29 is 13.6 Å². The van der Waals surface area contributed by atoms with E-state index >= 15 is 0 Å². The standard InChI is InChI=1S/C20H17F2N3O/c1-12-5-3-6-13(2)18(12)25-20(26)14-9-10-23-17(11-14)24-19-15(21)7-4-8-16(19)22/h3-11H,1-2H3,(H,23,24)(H,25,26). The summed E-state index contributed by atoms with van der Waals surface area (Å²) in [4.78, 5) is 16.6. The Bertz CT molecular complexity index is 933. The molecule has 0 fully saturated rings. The zero-order valence-corrected chi connectivity index (χ0v) is 14.3. The second-order valence-corrected chi connectivity index (χ2v) is 5.87. The molecule has 0 saturated heterocycles. The molecule has 0 spiro atoms. The first-order chi connectivity index (χ1) is 12.5. The number of carbonyl (C=O) groups is 1. The fourth-order valence-electron chi connectivity index (χ4n) is 2.58. The molecule has 0 radical (unpaired) electrons. The van der Waals surface area contributed by atoms with Gasteiger partial charge in [0, 0.05) is 17.4 Å². The lowest BCUT2D eigenvalue weighted by Crippen LogP contribution is -2.14. The highest BCUT2D eigenvalue weighted by Gasteiger charge is 2.13. The maximum Gasteiger partial charge on any atom is 0.255 e. The largest absolute Gasteiger partial charge is 0.335 e. The van der Waals surface area contributed by atoms with E-state index < -0.39 is 11.6 Å². The van der Waals surface area contributed by atoms with Crippen LogP contribution < -0.4 is 10.6 Å². The van der Waals surface area contributed by atoms with Gasteiger partial charge in [0.1, 0.15) is 23.1 Å². The van der Waals surface area contributed by atoms with Gasteiger partial charge in [0.2, 0.25) is 0 Å². The summed E-state index contributed by atoms with van der Waals surface area (Å²) in [6, 6.07) is 12.3. The van der Waals surface area contributed by atoms with Crippen LogP contribution in [0.3, 0.4) is 0 Å². The molecule has 0 aliphatic rings. The first kappa shape index (κ1) is 17.5. The third kappa shape index (κ3) is 3.69. The van der Waals surface area contributed by atoms with E-state index in [-0.39, 0.29) is 17.4 Å². The van der Waals surface area contributed by atoms with Crippen LogP contribution >= 0.6 is 0 Å². The maximum absolute atomic E-state index is 13.8. The zero-order valence-electron chi connectivity index (χ0n) is 14.3. The number of amides is 1. The number of pyridine rings is 1. The zero-order chi connectivity index (χ0) is 18.7. The number of para-hydroxylation sites is 2. The van der Waals surface area contributed by atoms with E-state index in [2.05, 4.69) is 15.6 Å². The van der Waals surface area contributed by atoms with Gasteiger partial charge in [-0.15, -0.1) is 0 Å². The van der Waals surface area contributed by atoms with Gasteiger partial charge in [0.25, 0.3) is 5.91 Å². The van der Waals surface area contributed by atoms with Gasteiger partial charge >= 0.3 is 0 Å². The predicted octanol–water partition coefficient (Wildman–Crippen LogP) is 4.97. The Morgan fingerprint density at radius 2 is 1.54 bits per heavy atom. The number of benzene rings is 2. The molecule has 3 rings (SSSR count). The second kappa shape index (κ2) is 7.31. The predicted molar refractivity (Wildman–Crippen MR) is 97.7 cm³/mol. The Hall–Kier alpha value is -3.28. The fraction of sp³-hybridized carbons (Fsp3) is 0.100. The quantitative estimate of drug-likeness (QED) is 0.696. The van der Waals surface area contributed by atoms with E-state index in [0.29, 0.717) is 5.56 Å². The Morgan fingerprint density at radius 3 is 2.19 bits per heavy atom. The van der Waals surface area contributed by atoms with Gasteiger partial charge in [-0.3, -0.25) is 4.79 Å². The average molecular weight is 353 g/mol. The van der Waals surface area contributed by atoms with E-state index in [1.165, 1.54) is 24.4 Å². The SMILES string of the molecule is Cc1cccc(C)c1NC(=O)c1ccnc(Nc2c(F)cccc2F)c1. The molecular formula is C20H17F2N3O. The molecule has 1 amide bonds. The smallest absolute Gasteiger partial charge is 0.255 e. The van der Waals surface area contributed by atoms with Gasteiger partial charge in [0.15, 0.2) is 0 Å². The molecule has 132 valence electrons. The van der Waals surface area contributed by atoms with Crippen molar-refractivity contribution in [3.05, 3.63) is 83.1 Å². The third-order valence-corrected chi connectivity index (χ3v) is 3.96. The van der Waals surface area contributed by atoms with Crippen molar-refractivity contribution in [1.29, 1.82) is 0 Å². The molecule has 0 aliphatic heterocycles. The Labute approximate surface area is 149 Å². The molecule has 1 heterocycles. The summed E-state index contributed by atoms with van der Waals surface area (Å²) in [7, 11) is 0. The minimum atomic E-state index is -0.739. The number of carbonyl (C=O) groups excluding carboxylic acids is 1. The van der Waals surface area contributed by atoms with Crippen LogP contribution in [0, 0.1) is 25.5 Å². The van der Waals surface area contributed by atoms with Crippen molar-refractivity contribution in [2.75, 3.05) is 10.6 Å². The van der Waals surface area contributed by atoms with E-state index in [4.69, 9.17) is 0 Å². The molecule has 0 bridgehead atoms. The van der Waals surface area contributed by atoms with Gasteiger partial charge in [-0.2, -0.15) is 0 Å². The van der Waals surface area contributed by atoms with Gasteiger partial charge in [-0.1, -0.05) is 24.3 Å². The first-order valence-corrected chi connectivity index (χ1v) is 8.00. The molecule has 0 unspecified atom stereocenters. The number of nitrogens with zero attached hydrogens (tertiary/aromatic N) is 1. The monoisotopic (exact) mass is 353 g/mol. The van der Waals surface area contributed by atoms with Gasteiger partial charge in [-0.05, 0) is 49.2 Å². The van der Waals surface area contributed by atoms with E-state index in [1.54, 1.807) is 0 Å². The summed E-state index contributed by atoms with van der Waals surface area (Å²) in [5, 5.41) is 5.45. The van der Waals surface area contributed by atoms with Crippen molar-refractivity contribution >= 4 is 23.1 Å². The van der Waals surface area contributed by atoms with Crippen molar-refractivity contribution in [1.82, 2.24) is 4.98 Å². The van der Waals surface area contributed by atoms with Gasteiger partial charge in [0.05, 0.1) is 0 Å². The molecular weight excluding hydrogens is 336 g/mol. The highest BCUT2D eigenvalue weighted by atomic mass is 19.1. The number of rotatable bonds is 4. The van der Waals surface area contributed by atoms with Crippen molar-refractivity contribution in [2.45, 2.75) is 13.8 Å². The van der Waals surface area contributed by atoms with Crippen LogP contribution in [0.4, 0.5) is 26.0 Å². The number of aryl methyl sites for hydroxylation is 2. The number of halogens is 2. The highest BCUT2D eigenvalue weighted by molar-refractivity contribution is 6.05. The number of hydrogen-bond donors (Lipinski definition) is 2. The van der Waals surface area contributed by atoms with Crippen LogP contribution in [-0.4, -0.2) is 10.9 Å². The Morgan fingerprint density at radius 1 is 0.923 bits per heavy atom. The Balaban J connectivity index is 1.84. The second-order valence-electron chi connectivity index (χ2n) is 5.87. The van der Waals surface area contributed by atoms with Gasteiger partial charge < -0.3 is 10.6 Å². The Kier molecular flexibility index (Phi) is 4.93. The first-order valence-electron chi connectivity index (χ1n) is 8.00. The van der Waals surface area contributed by atoms with Crippen LogP contribution in [0.25, 0.3) is 0 Å². The van der Waals surface area contributed by atoms with Crippen LogP contribution in [0.5, 0.6) is 0 Å². The molecule has 6 heteroatoms.